The van der Waals surface area contributed by atoms with Crippen molar-refractivity contribution in [3.05, 3.63) is 47.0 Å². The van der Waals surface area contributed by atoms with Crippen molar-refractivity contribution in [1.82, 2.24) is 4.90 Å². The Kier molecular flexibility index (Phi) is 4.46. The molecule has 112 valence electrons. The third kappa shape index (κ3) is 2.46. The second kappa shape index (κ2) is 6.17. The van der Waals surface area contributed by atoms with E-state index in [4.69, 9.17) is 0 Å². The van der Waals surface area contributed by atoms with Crippen LogP contribution in [0.4, 0.5) is 0 Å². The molecule has 0 radical (unpaired) electrons. The lowest BCUT2D eigenvalue weighted by molar-refractivity contribution is 0.295. The number of hydrogen-bond donors (Lipinski definition) is 0. The standard InChI is InChI=1S/C17H20N2S.BrH/c1-3-7-14(8-4-1)17(9-5-2-6-10-17)15-13-20-16-18-11-12-19(15)16;/h1,3-4,7-8,13H,2,5-6,9-12H2;1H. The van der Waals surface area contributed by atoms with Crippen molar-refractivity contribution in [1.29, 1.82) is 0 Å². The van der Waals surface area contributed by atoms with Gasteiger partial charge in [0.05, 0.1) is 6.54 Å². The second-order valence-corrected chi connectivity index (χ2v) is 6.78. The van der Waals surface area contributed by atoms with Crippen molar-refractivity contribution in [2.75, 3.05) is 13.1 Å². The molecule has 1 aliphatic carbocycles. The Morgan fingerprint density at radius 1 is 1.05 bits per heavy atom. The summed E-state index contributed by atoms with van der Waals surface area (Å²) in [7, 11) is 0. The topological polar surface area (TPSA) is 15.6 Å². The van der Waals surface area contributed by atoms with Crippen molar-refractivity contribution >= 4 is 33.9 Å². The molecule has 0 bridgehead atoms. The average molecular weight is 365 g/mol. The lowest BCUT2D eigenvalue weighted by atomic mass is 9.67. The van der Waals surface area contributed by atoms with Crippen LogP contribution in [0, 0.1) is 0 Å². The molecule has 4 heteroatoms. The molecular weight excluding hydrogens is 344 g/mol. The largest absolute Gasteiger partial charge is 0.321 e. The second-order valence-electron chi connectivity index (χ2n) is 5.95. The van der Waals surface area contributed by atoms with Crippen molar-refractivity contribution in [3.63, 3.8) is 0 Å². The number of benzene rings is 1. The fourth-order valence-corrected chi connectivity index (χ4v) is 4.95. The summed E-state index contributed by atoms with van der Waals surface area (Å²) in [5.41, 5.74) is 3.25. The van der Waals surface area contributed by atoms with Crippen LogP contribution in [0.3, 0.4) is 0 Å². The molecule has 0 saturated heterocycles. The van der Waals surface area contributed by atoms with Gasteiger partial charge in [-0.05, 0) is 23.8 Å². The van der Waals surface area contributed by atoms with E-state index in [0.29, 0.717) is 0 Å². The third-order valence-electron chi connectivity index (χ3n) is 4.89. The van der Waals surface area contributed by atoms with Gasteiger partial charge in [-0.15, -0.1) is 17.0 Å². The van der Waals surface area contributed by atoms with Crippen LogP contribution in [0.15, 0.2) is 46.4 Å². The van der Waals surface area contributed by atoms with Crippen LogP contribution in [-0.4, -0.2) is 23.2 Å². The number of nitrogens with zero attached hydrogens (tertiary/aromatic N) is 2. The molecule has 1 fully saturated rings. The highest BCUT2D eigenvalue weighted by molar-refractivity contribution is 8.93. The summed E-state index contributed by atoms with van der Waals surface area (Å²) in [5.74, 6) is 0. The maximum Gasteiger partial charge on any atom is 0.167 e. The van der Waals surface area contributed by atoms with Crippen LogP contribution in [0.5, 0.6) is 0 Å². The first-order valence-electron chi connectivity index (χ1n) is 7.65. The van der Waals surface area contributed by atoms with E-state index in [1.54, 1.807) is 0 Å². The normalized spacial score (nSPS) is 23.1. The van der Waals surface area contributed by atoms with E-state index in [0.717, 1.165) is 13.1 Å². The number of thioether (sulfide) groups is 1. The molecule has 2 aliphatic heterocycles. The zero-order chi connectivity index (χ0) is 13.4. The van der Waals surface area contributed by atoms with Gasteiger partial charge in [-0.1, -0.05) is 61.4 Å². The van der Waals surface area contributed by atoms with Crippen molar-refractivity contribution in [2.24, 2.45) is 4.99 Å². The van der Waals surface area contributed by atoms with Gasteiger partial charge in [0.2, 0.25) is 0 Å². The first-order chi connectivity index (χ1) is 9.90. The number of amidine groups is 1. The van der Waals surface area contributed by atoms with E-state index in [9.17, 15) is 0 Å². The Bertz CT molecular complexity index is 561. The monoisotopic (exact) mass is 364 g/mol. The van der Waals surface area contributed by atoms with Crippen LogP contribution < -0.4 is 0 Å². The van der Waals surface area contributed by atoms with Gasteiger partial charge in [0, 0.05) is 17.7 Å². The minimum absolute atomic E-state index is 0. The van der Waals surface area contributed by atoms with Crippen LogP contribution in [0.1, 0.15) is 37.7 Å². The molecular formula is C17H21BrN2S. The Hall–Kier alpha value is -0.740. The maximum absolute atomic E-state index is 4.62. The van der Waals surface area contributed by atoms with Gasteiger partial charge in [-0.2, -0.15) is 0 Å². The van der Waals surface area contributed by atoms with E-state index < -0.39 is 0 Å². The lowest BCUT2D eigenvalue weighted by Crippen LogP contribution is -2.39. The van der Waals surface area contributed by atoms with E-state index in [2.05, 4.69) is 45.6 Å². The summed E-state index contributed by atoms with van der Waals surface area (Å²) in [6.45, 7) is 2.04. The highest BCUT2D eigenvalue weighted by Gasteiger charge is 2.43. The molecule has 1 saturated carbocycles. The van der Waals surface area contributed by atoms with Crippen molar-refractivity contribution in [3.8, 4) is 0 Å². The maximum atomic E-state index is 4.62. The molecule has 0 unspecified atom stereocenters. The molecule has 1 aromatic carbocycles. The van der Waals surface area contributed by atoms with Gasteiger partial charge in [-0.3, -0.25) is 4.99 Å². The van der Waals surface area contributed by atoms with Gasteiger partial charge in [0.15, 0.2) is 5.17 Å². The molecule has 3 aliphatic rings. The predicted octanol–water partition coefficient (Wildman–Crippen LogP) is 4.73. The average Bonchev–Trinajstić information content (AvgIpc) is 3.12. The fraction of sp³-hybridized carbons (Fsp3) is 0.471. The minimum atomic E-state index is 0. The first kappa shape index (κ1) is 15.2. The SMILES string of the molecule is Br.C1=C(C2(c3ccccc3)CCCCC2)N2CCN=C2S1. The minimum Gasteiger partial charge on any atom is -0.321 e. The molecule has 0 spiro atoms. The number of fused-ring (bicyclic) bond motifs is 1. The summed E-state index contributed by atoms with van der Waals surface area (Å²) in [5, 5.41) is 3.59. The molecule has 0 aromatic heterocycles. The summed E-state index contributed by atoms with van der Waals surface area (Å²) in [4.78, 5) is 7.10. The summed E-state index contributed by atoms with van der Waals surface area (Å²) in [6, 6.07) is 11.1. The number of hydrogen-bond acceptors (Lipinski definition) is 3. The highest BCUT2D eigenvalue weighted by atomic mass is 79.9. The van der Waals surface area contributed by atoms with E-state index in [-0.39, 0.29) is 22.4 Å². The van der Waals surface area contributed by atoms with Crippen LogP contribution in [0.2, 0.25) is 0 Å². The molecule has 21 heavy (non-hydrogen) atoms. The lowest BCUT2D eigenvalue weighted by Gasteiger charge is -2.41. The van der Waals surface area contributed by atoms with E-state index in [1.807, 2.05) is 11.8 Å². The number of rotatable bonds is 2. The third-order valence-corrected chi connectivity index (χ3v) is 5.79. The van der Waals surface area contributed by atoms with Crippen LogP contribution >= 0.6 is 28.7 Å². The molecule has 0 amide bonds. The predicted molar refractivity (Wildman–Crippen MR) is 96.2 cm³/mol. The van der Waals surface area contributed by atoms with Gasteiger partial charge in [-0.25, -0.2) is 0 Å². The van der Waals surface area contributed by atoms with Crippen LogP contribution in [0.25, 0.3) is 0 Å². The van der Waals surface area contributed by atoms with E-state index in [1.165, 1.54) is 48.5 Å². The van der Waals surface area contributed by atoms with E-state index >= 15 is 0 Å². The summed E-state index contributed by atoms with van der Waals surface area (Å²) < 4.78 is 0. The zero-order valence-corrected chi connectivity index (χ0v) is 14.7. The first-order valence-corrected chi connectivity index (χ1v) is 8.53. The van der Waals surface area contributed by atoms with Crippen molar-refractivity contribution in [2.45, 2.75) is 37.5 Å². The molecule has 2 heterocycles. The Morgan fingerprint density at radius 3 is 2.57 bits per heavy atom. The van der Waals surface area contributed by atoms with Gasteiger partial charge in [0.25, 0.3) is 0 Å². The highest BCUT2D eigenvalue weighted by Crippen LogP contribution is 2.50. The number of aliphatic imine (C=N–C) groups is 1. The number of allylic oxidation sites excluding steroid dienone is 1. The smallest absolute Gasteiger partial charge is 0.167 e. The van der Waals surface area contributed by atoms with Crippen molar-refractivity contribution < 1.29 is 0 Å². The van der Waals surface area contributed by atoms with Gasteiger partial charge < -0.3 is 4.90 Å². The van der Waals surface area contributed by atoms with Gasteiger partial charge >= 0.3 is 0 Å². The van der Waals surface area contributed by atoms with Gasteiger partial charge in [0.1, 0.15) is 0 Å². The Balaban J connectivity index is 0.00000132. The zero-order valence-electron chi connectivity index (χ0n) is 12.1. The fourth-order valence-electron chi connectivity index (χ4n) is 3.90. The molecule has 1 aromatic rings. The quantitative estimate of drug-likeness (QED) is 0.753. The number of halogens is 1. The molecule has 2 nitrogen and oxygen atoms in total. The van der Waals surface area contributed by atoms with Crippen LogP contribution in [-0.2, 0) is 5.41 Å². The molecule has 0 atom stereocenters. The summed E-state index contributed by atoms with van der Waals surface area (Å²) in [6.07, 6.45) is 6.64. The Labute approximate surface area is 141 Å². The molecule has 4 rings (SSSR count). The Morgan fingerprint density at radius 2 is 1.81 bits per heavy atom. The molecule has 0 N–H and O–H groups in total. The summed E-state index contributed by atoms with van der Waals surface area (Å²) >= 11 is 1.82.